The average Bonchev–Trinajstić information content (AvgIpc) is 3.03. The molecule has 7 nitrogen and oxygen atoms in total. The van der Waals surface area contributed by atoms with Crippen molar-refractivity contribution in [2.45, 2.75) is 50.8 Å². The van der Waals surface area contributed by atoms with Crippen molar-refractivity contribution >= 4 is 27.5 Å². The van der Waals surface area contributed by atoms with Crippen molar-refractivity contribution in [1.82, 2.24) is 10.2 Å². The third kappa shape index (κ3) is 6.32. The van der Waals surface area contributed by atoms with Crippen molar-refractivity contribution in [1.29, 1.82) is 0 Å². The van der Waals surface area contributed by atoms with Crippen LogP contribution in [0.1, 0.15) is 53.6 Å². The lowest BCUT2D eigenvalue weighted by Crippen LogP contribution is -2.35. The first-order valence-corrected chi connectivity index (χ1v) is 12.5. The molecule has 0 saturated carbocycles. The van der Waals surface area contributed by atoms with Gasteiger partial charge in [0.2, 0.25) is 5.91 Å². The zero-order valence-electron chi connectivity index (χ0n) is 18.7. The van der Waals surface area contributed by atoms with E-state index in [1.165, 1.54) is 12.1 Å². The summed E-state index contributed by atoms with van der Waals surface area (Å²) in [6.07, 6.45) is 4.58. The maximum Gasteiger partial charge on any atom is 0.261 e. The molecule has 2 N–H and O–H groups in total. The van der Waals surface area contributed by atoms with Crippen LogP contribution in [0.15, 0.2) is 47.4 Å². The molecule has 0 spiro atoms. The van der Waals surface area contributed by atoms with Crippen molar-refractivity contribution in [2.75, 3.05) is 24.4 Å². The molecule has 1 aliphatic heterocycles. The molecule has 0 unspecified atom stereocenters. The van der Waals surface area contributed by atoms with Crippen molar-refractivity contribution in [3.63, 3.8) is 0 Å². The zero-order valence-corrected chi connectivity index (χ0v) is 19.5. The molecule has 1 heterocycles. The molecular weight excluding hydrogens is 426 g/mol. The van der Waals surface area contributed by atoms with Crippen LogP contribution in [0.2, 0.25) is 0 Å². The van der Waals surface area contributed by atoms with E-state index in [0.29, 0.717) is 11.3 Å². The summed E-state index contributed by atoms with van der Waals surface area (Å²) < 4.78 is 28.2. The van der Waals surface area contributed by atoms with Gasteiger partial charge in [0.1, 0.15) is 0 Å². The molecule has 1 aliphatic rings. The van der Waals surface area contributed by atoms with E-state index < -0.39 is 15.9 Å². The van der Waals surface area contributed by atoms with Crippen LogP contribution >= 0.6 is 0 Å². The normalized spacial score (nSPS) is 14.5. The molecule has 172 valence electrons. The van der Waals surface area contributed by atoms with E-state index in [0.717, 1.165) is 44.3 Å². The van der Waals surface area contributed by atoms with Gasteiger partial charge in [-0.2, -0.15) is 0 Å². The Morgan fingerprint density at radius 1 is 0.969 bits per heavy atom. The molecule has 0 atom stereocenters. The Balaban J connectivity index is 1.64. The molecule has 2 amide bonds. The van der Waals surface area contributed by atoms with Crippen LogP contribution in [0.3, 0.4) is 0 Å². The van der Waals surface area contributed by atoms with Crippen molar-refractivity contribution < 1.29 is 18.0 Å². The average molecular weight is 458 g/mol. The highest BCUT2D eigenvalue weighted by Crippen LogP contribution is 2.20. The Morgan fingerprint density at radius 2 is 1.69 bits per heavy atom. The second kappa shape index (κ2) is 10.6. The van der Waals surface area contributed by atoms with Gasteiger partial charge in [-0.25, -0.2) is 8.42 Å². The van der Waals surface area contributed by atoms with Gasteiger partial charge >= 0.3 is 0 Å². The number of anilines is 1. The molecule has 0 radical (unpaired) electrons. The number of aryl methyl sites for hydroxylation is 2. The topological polar surface area (TPSA) is 95.6 Å². The number of benzene rings is 2. The Bertz CT molecular complexity index is 1070. The van der Waals surface area contributed by atoms with E-state index in [1.54, 1.807) is 31.2 Å². The van der Waals surface area contributed by atoms with Gasteiger partial charge in [0.15, 0.2) is 0 Å². The number of sulfonamides is 1. The zero-order chi connectivity index (χ0) is 23.1. The predicted octanol–water partition coefficient (Wildman–Crippen LogP) is 3.63. The fourth-order valence-electron chi connectivity index (χ4n) is 3.79. The molecule has 2 aromatic rings. The maximum absolute atomic E-state index is 12.8. The van der Waals surface area contributed by atoms with Gasteiger partial charge in [-0.05, 0) is 62.1 Å². The van der Waals surface area contributed by atoms with Gasteiger partial charge in [-0.15, -0.1) is 0 Å². The number of amides is 2. The van der Waals surface area contributed by atoms with E-state index in [2.05, 4.69) is 10.0 Å². The molecule has 3 rings (SSSR count). The minimum absolute atomic E-state index is 0.00963. The van der Waals surface area contributed by atoms with Gasteiger partial charge in [0.25, 0.3) is 15.9 Å². The number of hydrogen-bond donors (Lipinski definition) is 2. The third-order valence-corrected chi connectivity index (χ3v) is 7.00. The fourth-order valence-corrected chi connectivity index (χ4v) is 4.87. The molecule has 2 aromatic carbocycles. The molecule has 0 bridgehead atoms. The summed E-state index contributed by atoms with van der Waals surface area (Å²) in [6.45, 7) is 5.40. The number of nitrogens with zero attached hydrogens (tertiary/aromatic N) is 1. The number of likely N-dealkylation sites (tertiary alicyclic amines) is 1. The third-order valence-electron chi connectivity index (χ3n) is 5.62. The molecule has 8 heteroatoms. The highest BCUT2D eigenvalue weighted by atomic mass is 32.2. The quantitative estimate of drug-likeness (QED) is 0.664. The van der Waals surface area contributed by atoms with E-state index in [1.807, 2.05) is 17.9 Å². The summed E-state index contributed by atoms with van der Waals surface area (Å²) in [4.78, 5) is 27.0. The summed E-state index contributed by atoms with van der Waals surface area (Å²) >= 11 is 0. The minimum Gasteiger partial charge on any atom is -0.352 e. The van der Waals surface area contributed by atoms with Gasteiger partial charge in [0, 0.05) is 37.3 Å². The minimum atomic E-state index is -3.85. The number of nitrogens with one attached hydrogen (secondary N) is 2. The standard InChI is InChI=1S/C24H31N3O4S/c1-18-8-7-9-20(16-18)26-32(30,31)21-11-10-19(2)22(17-21)24(29)25-13-12-23(28)27-14-5-3-4-6-15-27/h7-11,16-17,26H,3-6,12-15H2,1-2H3,(H,25,29). The number of hydrogen-bond acceptors (Lipinski definition) is 4. The van der Waals surface area contributed by atoms with E-state index in [-0.39, 0.29) is 29.3 Å². The van der Waals surface area contributed by atoms with Crippen LogP contribution in [0, 0.1) is 13.8 Å². The lowest BCUT2D eigenvalue weighted by atomic mass is 10.1. The first-order chi connectivity index (χ1) is 15.3. The van der Waals surface area contributed by atoms with Crippen molar-refractivity contribution in [3.05, 3.63) is 59.2 Å². The van der Waals surface area contributed by atoms with Crippen LogP contribution in [0.5, 0.6) is 0 Å². The van der Waals surface area contributed by atoms with Crippen LogP contribution < -0.4 is 10.0 Å². The SMILES string of the molecule is Cc1cccc(NS(=O)(=O)c2ccc(C)c(C(=O)NCCC(=O)N3CCCCCC3)c2)c1. The molecular formula is C24H31N3O4S. The summed E-state index contributed by atoms with van der Waals surface area (Å²) in [5.74, 6) is -0.346. The number of rotatable bonds is 7. The van der Waals surface area contributed by atoms with E-state index >= 15 is 0 Å². The molecule has 1 saturated heterocycles. The van der Waals surface area contributed by atoms with Crippen molar-refractivity contribution in [2.24, 2.45) is 0 Å². The lowest BCUT2D eigenvalue weighted by Gasteiger charge is -2.20. The largest absolute Gasteiger partial charge is 0.352 e. The van der Waals surface area contributed by atoms with E-state index in [9.17, 15) is 18.0 Å². The van der Waals surface area contributed by atoms with Crippen LogP contribution in [0.4, 0.5) is 5.69 Å². The maximum atomic E-state index is 12.8. The lowest BCUT2D eigenvalue weighted by molar-refractivity contribution is -0.131. The van der Waals surface area contributed by atoms with Crippen LogP contribution in [0.25, 0.3) is 0 Å². The monoisotopic (exact) mass is 457 g/mol. The summed E-state index contributed by atoms with van der Waals surface area (Å²) in [5.41, 5.74) is 2.34. The fraction of sp³-hybridized carbons (Fsp3) is 0.417. The Hall–Kier alpha value is -2.87. The highest BCUT2D eigenvalue weighted by Gasteiger charge is 2.19. The molecule has 1 fully saturated rings. The Kier molecular flexibility index (Phi) is 7.90. The molecule has 32 heavy (non-hydrogen) atoms. The summed E-state index contributed by atoms with van der Waals surface area (Å²) in [7, 11) is -3.85. The first-order valence-electron chi connectivity index (χ1n) is 11.0. The second-order valence-electron chi connectivity index (χ2n) is 8.25. The highest BCUT2D eigenvalue weighted by molar-refractivity contribution is 7.92. The van der Waals surface area contributed by atoms with Gasteiger partial charge in [-0.3, -0.25) is 14.3 Å². The Labute approximate surface area is 190 Å². The number of carbonyl (C=O) groups excluding carboxylic acids is 2. The van der Waals surface area contributed by atoms with Crippen LogP contribution in [-0.2, 0) is 14.8 Å². The predicted molar refractivity (Wildman–Crippen MR) is 125 cm³/mol. The van der Waals surface area contributed by atoms with Crippen molar-refractivity contribution in [3.8, 4) is 0 Å². The van der Waals surface area contributed by atoms with E-state index in [4.69, 9.17) is 0 Å². The van der Waals surface area contributed by atoms with Gasteiger partial charge in [0.05, 0.1) is 4.90 Å². The van der Waals surface area contributed by atoms with Crippen LogP contribution in [-0.4, -0.2) is 44.8 Å². The summed E-state index contributed by atoms with van der Waals surface area (Å²) in [6, 6.07) is 11.5. The number of carbonyl (C=O) groups is 2. The molecule has 0 aromatic heterocycles. The van der Waals surface area contributed by atoms with Gasteiger partial charge in [-0.1, -0.05) is 31.0 Å². The van der Waals surface area contributed by atoms with Gasteiger partial charge < -0.3 is 10.2 Å². The first kappa shape index (κ1) is 23.8. The smallest absolute Gasteiger partial charge is 0.261 e. The Morgan fingerprint density at radius 3 is 2.38 bits per heavy atom. The summed E-state index contributed by atoms with van der Waals surface area (Å²) in [5, 5.41) is 2.76. The second-order valence-corrected chi connectivity index (χ2v) is 9.94. The molecule has 0 aliphatic carbocycles.